The van der Waals surface area contributed by atoms with E-state index in [2.05, 4.69) is 25.1 Å². The fourth-order valence-electron chi connectivity index (χ4n) is 2.51. The van der Waals surface area contributed by atoms with Gasteiger partial charge in [-0.25, -0.2) is 4.98 Å². The summed E-state index contributed by atoms with van der Waals surface area (Å²) < 4.78 is 7.59. The lowest BCUT2D eigenvalue weighted by Gasteiger charge is -2.17. The Bertz CT molecular complexity index is 763. The third-order valence-corrected chi connectivity index (χ3v) is 3.64. The van der Waals surface area contributed by atoms with Crippen molar-refractivity contribution >= 4 is 5.82 Å². The van der Waals surface area contributed by atoms with Crippen LogP contribution in [0.5, 0.6) is 0 Å². The van der Waals surface area contributed by atoms with Crippen molar-refractivity contribution in [2.75, 3.05) is 11.9 Å². The van der Waals surface area contributed by atoms with Gasteiger partial charge in [-0.15, -0.1) is 9.90 Å². The average molecular weight is 296 g/mol. The SMILES string of the molecule is c1ccc(-n2ncc(NCc3cnc4n3CCOC4)n2)cc1. The van der Waals surface area contributed by atoms with Crippen molar-refractivity contribution in [2.24, 2.45) is 0 Å². The topological polar surface area (TPSA) is 69.8 Å². The maximum atomic E-state index is 5.39. The van der Waals surface area contributed by atoms with Gasteiger partial charge in [0, 0.05) is 6.54 Å². The van der Waals surface area contributed by atoms with Gasteiger partial charge in [0.05, 0.1) is 36.9 Å². The third kappa shape index (κ3) is 2.46. The second kappa shape index (κ2) is 5.61. The van der Waals surface area contributed by atoms with Crippen molar-refractivity contribution in [3.63, 3.8) is 0 Å². The standard InChI is InChI=1S/C15H16N6O/c1-2-4-12(5-3-1)21-18-10-14(19-21)16-8-13-9-17-15-11-22-7-6-20(13)15/h1-5,9-10H,6-8,11H2,(H,16,19). The molecular formula is C15H16N6O. The summed E-state index contributed by atoms with van der Waals surface area (Å²) in [6.07, 6.45) is 3.61. The molecule has 0 atom stereocenters. The maximum Gasteiger partial charge on any atom is 0.169 e. The molecule has 1 aliphatic rings. The molecule has 2 aromatic heterocycles. The molecule has 1 aliphatic heterocycles. The Morgan fingerprint density at radius 1 is 1.18 bits per heavy atom. The molecule has 3 aromatic rings. The number of hydrogen-bond donors (Lipinski definition) is 1. The van der Waals surface area contributed by atoms with Gasteiger partial charge < -0.3 is 14.6 Å². The van der Waals surface area contributed by atoms with E-state index < -0.39 is 0 Å². The summed E-state index contributed by atoms with van der Waals surface area (Å²) in [7, 11) is 0. The first kappa shape index (κ1) is 13.0. The van der Waals surface area contributed by atoms with Crippen LogP contribution in [-0.4, -0.2) is 31.2 Å². The van der Waals surface area contributed by atoms with Crippen molar-refractivity contribution in [2.45, 2.75) is 19.7 Å². The molecule has 0 unspecified atom stereocenters. The van der Waals surface area contributed by atoms with E-state index in [1.807, 2.05) is 36.5 Å². The lowest BCUT2D eigenvalue weighted by Crippen LogP contribution is -2.19. The van der Waals surface area contributed by atoms with E-state index in [0.717, 1.165) is 36.2 Å². The molecule has 0 saturated heterocycles. The van der Waals surface area contributed by atoms with Crippen LogP contribution in [0.25, 0.3) is 5.69 Å². The molecule has 7 nitrogen and oxygen atoms in total. The molecule has 112 valence electrons. The van der Waals surface area contributed by atoms with Gasteiger partial charge in [-0.05, 0) is 12.1 Å². The number of ether oxygens (including phenoxy) is 1. The van der Waals surface area contributed by atoms with Crippen molar-refractivity contribution < 1.29 is 4.74 Å². The van der Waals surface area contributed by atoms with E-state index in [4.69, 9.17) is 4.74 Å². The first-order valence-electron chi connectivity index (χ1n) is 7.23. The second-order valence-corrected chi connectivity index (χ2v) is 5.08. The van der Waals surface area contributed by atoms with E-state index in [1.54, 1.807) is 11.0 Å². The van der Waals surface area contributed by atoms with E-state index in [0.29, 0.717) is 13.2 Å². The summed E-state index contributed by atoms with van der Waals surface area (Å²) in [6, 6.07) is 9.84. The molecule has 7 heteroatoms. The summed E-state index contributed by atoms with van der Waals surface area (Å²) in [5.74, 6) is 1.72. The zero-order chi connectivity index (χ0) is 14.8. The quantitative estimate of drug-likeness (QED) is 0.792. The van der Waals surface area contributed by atoms with Crippen LogP contribution in [0.2, 0.25) is 0 Å². The summed E-state index contributed by atoms with van der Waals surface area (Å²) >= 11 is 0. The fraction of sp³-hybridized carbons (Fsp3) is 0.267. The van der Waals surface area contributed by atoms with Gasteiger partial charge in [-0.3, -0.25) is 0 Å². The highest BCUT2D eigenvalue weighted by Crippen LogP contribution is 2.13. The predicted molar refractivity (Wildman–Crippen MR) is 80.6 cm³/mol. The van der Waals surface area contributed by atoms with Crippen LogP contribution < -0.4 is 5.32 Å². The van der Waals surface area contributed by atoms with Crippen LogP contribution in [0.3, 0.4) is 0 Å². The Labute approximate surface area is 127 Å². The summed E-state index contributed by atoms with van der Waals surface area (Å²) in [5.41, 5.74) is 2.07. The highest BCUT2D eigenvalue weighted by molar-refractivity contribution is 5.34. The zero-order valence-electron chi connectivity index (χ0n) is 12.0. The Kier molecular flexibility index (Phi) is 3.32. The number of para-hydroxylation sites is 1. The van der Waals surface area contributed by atoms with Crippen molar-refractivity contribution in [3.8, 4) is 5.69 Å². The van der Waals surface area contributed by atoms with Crippen molar-refractivity contribution in [3.05, 3.63) is 54.2 Å². The molecule has 1 aromatic carbocycles. The highest BCUT2D eigenvalue weighted by atomic mass is 16.5. The number of fused-ring (bicyclic) bond motifs is 1. The lowest BCUT2D eigenvalue weighted by molar-refractivity contribution is 0.0807. The number of hydrogen-bond acceptors (Lipinski definition) is 5. The Morgan fingerprint density at radius 2 is 2.09 bits per heavy atom. The van der Waals surface area contributed by atoms with Crippen molar-refractivity contribution in [1.82, 2.24) is 24.5 Å². The van der Waals surface area contributed by atoms with Gasteiger partial charge in [-0.1, -0.05) is 18.2 Å². The average Bonchev–Trinajstić information content (AvgIpc) is 3.21. The molecule has 0 saturated carbocycles. The zero-order valence-corrected chi connectivity index (χ0v) is 12.0. The Hall–Kier alpha value is -2.67. The molecule has 3 heterocycles. The Morgan fingerprint density at radius 3 is 3.00 bits per heavy atom. The summed E-state index contributed by atoms with van der Waals surface area (Å²) in [5, 5.41) is 12.0. The number of aromatic nitrogens is 5. The molecule has 0 bridgehead atoms. The summed E-state index contributed by atoms with van der Waals surface area (Å²) in [6.45, 7) is 2.84. The minimum Gasteiger partial charge on any atom is -0.372 e. The molecule has 4 rings (SSSR count). The highest BCUT2D eigenvalue weighted by Gasteiger charge is 2.14. The second-order valence-electron chi connectivity index (χ2n) is 5.08. The van der Waals surface area contributed by atoms with Gasteiger partial charge in [0.1, 0.15) is 12.4 Å². The number of nitrogens with one attached hydrogen (secondary N) is 1. The molecule has 0 spiro atoms. The molecule has 1 N–H and O–H groups in total. The van der Waals surface area contributed by atoms with Gasteiger partial charge >= 0.3 is 0 Å². The minimum atomic E-state index is 0.587. The molecular weight excluding hydrogens is 280 g/mol. The molecule has 22 heavy (non-hydrogen) atoms. The largest absolute Gasteiger partial charge is 0.372 e. The van der Waals surface area contributed by atoms with E-state index in [9.17, 15) is 0 Å². The molecule has 0 aliphatic carbocycles. The van der Waals surface area contributed by atoms with Gasteiger partial charge in [0.15, 0.2) is 5.82 Å². The van der Waals surface area contributed by atoms with E-state index in [-0.39, 0.29) is 0 Å². The van der Waals surface area contributed by atoms with Gasteiger partial charge in [0.2, 0.25) is 0 Å². The lowest BCUT2D eigenvalue weighted by atomic mass is 10.3. The number of anilines is 1. The van der Waals surface area contributed by atoms with Crippen LogP contribution >= 0.6 is 0 Å². The van der Waals surface area contributed by atoms with E-state index in [1.165, 1.54) is 0 Å². The number of nitrogens with zero attached hydrogens (tertiary/aromatic N) is 5. The van der Waals surface area contributed by atoms with E-state index >= 15 is 0 Å². The van der Waals surface area contributed by atoms with Crippen LogP contribution in [0.1, 0.15) is 11.5 Å². The Balaban J connectivity index is 1.46. The van der Waals surface area contributed by atoms with Crippen molar-refractivity contribution in [1.29, 1.82) is 0 Å². The monoisotopic (exact) mass is 296 g/mol. The number of rotatable bonds is 4. The first-order chi connectivity index (χ1) is 10.9. The third-order valence-electron chi connectivity index (χ3n) is 3.64. The van der Waals surface area contributed by atoms with Gasteiger partial charge in [-0.2, -0.15) is 5.10 Å². The maximum absolute atomic E-state index is 5.39. The minimum absolute atomic E-state index is 0.587. The first-order valence-corrected chi connectivity index (χ1v) is 7.23. The molecule has 0 amide bonds. The van der Waals surface area contributed by atoms with Crippen LogP contribution in [0, 0.1) is 0 Å². The predicted octanol–water partition coefficient (Wildman–Crippen LogP) is 1.61. The number of imidazole rings is 1. The smallest absolute Gasteiger partial charge is 0.169 e. The molecule has 0 fully saturated rings. The van der Waals surface area contributed by atoms with Crippen LogP contribution in [0.15, 0.2) is 42.7 Å². The van der Waals surface area contributed by atoms with Crippen LogP contribution in [0.4, 0.5) is 5.82 Å². The molecule has 0 radical (unpaired) electrons. The van der Waals surface area contributed by atoms with Gasteiger partial charge in [0.25, 0.3) is 0 Å². The normalized spacial score (nSPS) is 13.8. The van der Waals surface area contributed by atoms with Crippen LogP contribution in [-0.2, 0) is 24.4 Å². The fourth-order valence-corrected chi connectivity index (χ4v) is 2.51. The number of benzene rings is 1. The summed E-state index contributed by atoms with van der Waals surface area (Å²) in [4.78, 5) is 5.99.